The van der Waals surface area contributed by atoms with Gasteiger partial charge in [0.25, 0.3) is 12.3 Å². The highest BCUT2D eigenvalue weighted by atomic mass is 32.1. The first-order valence-corrected chi connectivity index (χ1v) is 11.6. The molecule has 0 aromatic carbocycles. The van der Waals surface area contributed by atoms with Crippen molar-refractivity contribution in [1.29, 1.82) is 0 Å². The highest BCUT2D eigenvalue weighted by molar-refractivity contribution is 7.15. The summed E-state index contributed by atoms with van der Waals surface area (Å²) in [4.78, 5) is 29.7. The van der Waals surface area contributed by atoms with E-state index in [9.17, 15) is 13.6 Å². The van der Waals surface area contributed by atoms with Crippen LogP contribution in [0.1, 0.15) is 40.3 Å². The summed E-state index contributed by atoms with van der Waals surface area (Å²) in [6.07, 6.45) is 6.40. The zero-order valence-electron chi connectivity index (χ0n) is 18.8. The summed E-state index contributed by atoms with van der Waals surface area (Å²) in [7, 11) is 1.39. The number of nitrogens with one attached hydrogen (secondary N) is 1. The number of methoxy groups -OCH3 is 1. The number of aromatic nitrogens is 6. The average molecular weight is 506 g/mol. The van der Waals surface area contributed by atoms with Crippen molar-refractivity contribution in [3.8, 4) is 40.1 Å². The fraction of sp³-hybridized carbons (Fsp3) is 0.208. The Morgan fingerprint density at radius 1 is 1.08 bits per heavy atom. The van der Waals surface area contributed by atoms with Crippen molar-refractivity contribution < 1.29 is 18.3 Å². The van der Waals surface area contributed by atoms with Crippen LogP contribution in [-0.4, -0.2) is 43.2 Å². The minimum absolute atomic E-state index is 0.105. The number of carbonyl (C=O) groups is 1. The van der Waals surface area contributed by atoms with Gasteiger partial charge in [-0.1, -0.05) is 17.3 Å². The van der Waals surface area contributed by atoms with Gasteiger partial charge in [0, 0.05) is 35.6 Å². The Balaban J connectivity index is 1.55. The van der Waals surface area contributed by atoms with Crippen LogP contribution in [0.5, 0.6) is 5.75 Å². The van der Waals surface area contributed by atoms with E-state index in [-0.39, 0.29) is 22.0 Å². The highest BCUT2D eigenvalue weighted by Gasteiger charge is 2.22. The van der Waals surface area contributed by atoms with E-state index in [4.69, 9.17) is 4.74 Å². The number of rotatable bonds is 6. The maximum absolute atomic E-state index is 13.5. The molecule has 0 atom stereocenters. The molecule has 0 spiro atoms. The van der Waals surface area contributed by atoms with Crippen molar-refractivity contribution in [1.82, 2.24) is 30.1 Å². The van der Waals surface area contributed by atoms with Gasteiger partial charge in [-0.15, -0.1) is 10.2 Å². The molecule has 36 heavy (non-hydrogen) atoms. The number of amides is 1. The number of hydrogen-bond donors (Lipinski definition) is 1. The Hall–Kier alpha value is -4.37. The first-order chi connectivity index (χ1) is 17.5. The first-order valence-electron chi connectivity index (χ1n) is 10.8. The molecule has 4 aromatic rings. The lowest BCUT2D eigenvalue weighted by Crippen LogP contribution is -2.14. The summed E-state index contributed by atoms with van der Waals surface area (Å²) in [5.74, 6) is 6.11. The van der Waals surface area contributed by atoms with Crippen molar-refractivity contribution in [2.75, 3.05) is 12.4 Å². The Labute approximate surface area is 208 Å². The summed E-state index contributed by atoms with van der Waals surface area (Å²) < 4.78 is 32.3. The van der Waals surface area contributed by atoms with Crippen molar-refractivity contribution in [3.05, 3.63) is 59.4 Å². The van der Waals surface area contributed by atoms with Crippen LogP contribution in [0, 0.1) is 17.8 Å². The van der Waals surface area contributed by atoms with Crippen LogP contribution in [0.25, 0.3) is 22.5 Å². The SMILES string of the molecule is COc1cnc(C(F)F)cc1-c1cc(-c2cnccn2)ncc1C(=O)Nc1nnc(C#CC2CC2)s1. The molecule has 1 aliphatic carbocycles. The van der Waals surface area contributed by atoms with Crippen LogP contribution < -0.4 is 10.1 Å². The number of pyridine rings is 2. The normalized spacial score (nSPS) is 12.7. The van der Waals surface area contributed by atoms with Gasteiger partial charge in [0.15, 0.2) is 5.01 Å². The molecule has 5 rings (SSSR count). The minimum atomic E-state index is -2.82. The number of alkyl halides is 2. The van der Waals surface area contributed by atoms with Gasteiger partial charge in [-0.2, -0.15) is 0 Å². The van der Waals surface area contributed by atoms with Gasteiger partial charge < -0.3 is 4.74 Å². The highest BCUT2D eigenvalue weighted by Crippen LogP contribution is 2.36. The van der Waals surface area contributed by atoms with Crippen molar-refractivity contribution in [2.24, 2.45) is 5.92 Å². The smallest absolute Gasteiger partial charge is 0.280 e. The predicted octanol–water partition coefficient (Wildman–Crippen LogP) is 4.41. The summed E-state index contributed by atoms with van der Waals surface area (Å²) in [5, 5.41) is 11.4. The van der Waals surface area contributed by atoms with Crippen LogP contribution in [0.3, 0.4) is 0 Å². The molecule has 0 bridgehead atoms. The van der Waals surface area contributed by atoms with Crippen LogP contribution >= 0.6 is 11.3 Å². The topological polar surface area (TPSA) is 116 Å². The molecular weight excluding hydrogens is 488 g/mol. The van der Waals surface area contributed by atoms with Crippen LogP contribution in [0.2, 0.25) is 0 Å². The van der Waals surface area contributed by atoms with Gasteiger partial charge in [-0.05, 0) is 30.9 Å². The lowest BCUT2D eigenvalue weighted by Gasteiger charge is -2.14. The molecule has 0 aliphatic heterocycles. The van der Waals surface area contributed by atoms with E-state index in [0.717, 1.165) is 24.2 Å². The van der Waals surface area contributed by atoms with E-state index >= 15 is 0 Å². The molecule has 1 N–H and O–H groups in total. The van der Waals surface area contributed by atoms with Crippen molar-refractivity contribution in [3.63, 3.8) is 0 Å². The summed E-state index contributed by atoms with van der Waals surface area (Å²) in [6, 6.07) is 2.76. The summed E-state index contributed by atoms with van der Waals surface area (Å²) in [6.45, 7) is 0. The fourth-order valence-corrected chi connectivity index (χ4v) is 3.86. The molecular formula is C24H17F2N7O2S. The average Bonchev–Trinajstić information content (AvgIpc) is 3.64. The van der Waals surface area contributed by atoms with Crippen LogP contribution in [0.15, 0.2) is 43.1 Å². The number of ether oxygens (including phenoxy) is 1. The molecule has 0 saturated heterocycles. The molecule has 1 saturated carbocycles. The summed E-state index contributed by atoms with van der Waals surface area (Å²) >= 11 is 1.14. The number of halogens is 2. The molecule has 4 aromatic heterocycles. The quantitative estimate of drug-likeness (QED) is 0.383. The number of carbonyl (C=O) groups excluding carboxylic acids is 1. The predicted molar refractivity (Wildman–Crippen MR) is 127 cm³/mol. The van der Waals surface area contributed by atoms with Crippen LogP contribution in [0.4, 0.5) is 13.9 Å². The third-order valence-electron chi connectivity index (χ3n) is 5.20. The summed E-state index contributed by atoms with van der Waals surface area (Å²) in [5.41, 5.74) is 1.01. The van der Waals surface area contributed by atoms with Crippen molar-refractivity contribution in [2.45, 2.75) is 19.3 Å². The second-order valence-corrected chi connectivity index (χ2v) is 8.70. The standard InChI is InChI=1S/C24H17F2N7O2S/c1-35-20-12-30-18(22(25)26)9-15(20)14-8-17(19-11-27-6-7-28-19)29-10-16(14)23(34)31-24-33-32-21(36-24)5-4-13-2-3-13/h6-13,22H,2-3H2,1H3,(H,31,33,34). The molecule has 1 aliphatic rings. The lowest BCUT2D eigenvalue weighted by atomic mass is 9.98. The fourth-order valence-electron chi connectivity index (χ4n) is 3.26. The van der Waals surface area contributed by atoms with E-state index in [2.05, 4.69) is 47.3 Å². The van der Waals surface area contributed by atoms with E-state index in [0.29, 0.717) is 27.9 Å². The first kappa shape index (κ1) is 23.4. The van der Waals surface area contributed by atoms with E-state index in [1.54, 1.807) is 6.07 Å². The van der Waals surface area contributed by atoms with Gasteiger partial charge in [-0.3, -0.25) is 30.0 Å². The molecule has 12 heteroatoms. The second kappa shape index (κ2) is 10.1. The maximum Gasteiger partial charge on any atom is 0.280 e. The van der Waals surface area contributed by atoms with E-state index in [1.807, 2.05) is 0 Å². The zero-order chi connectivity index (χ0) is 25.1. The van der Waals surface area contributed by atoms with E-state index < -0.39 is 18.0 Å². The Morgan fingerprint density at radius 3 is 2.67 bits per heavy atom. The number of hydrogen-bond acceptors (Lipinski definition) is 9. The lowest BCUT2D eigenvalue weighted by molar-refractivity contribution is 0.102. The van der Waals surface area contributed by atoms with Gasteiger partial charge in [-0.25, -0.2) is 8.78 Å². The Kier molecular flexibility index (Phi) is 6.55. The molecule has 4 heterocycles. The molecule has 1 fully saturated rings. The van der Waals surface area contributed by atoms with Gasteiger partial charge in [0.1, 0.15) is 17.1 Å². The minimum Gasteiger partial charge on any atom is -0.494 e. The van der Waals surface area contributed by atoms with Gasteiger partial charge in [0.2, 0.25) is 5.13 Å². The van der Waals surface area contributed by atoms with Gasteiger partial charge >= 0.3 is 0 Å². The molecule has 180 valence electrons. The van der Waals surface area contributed by atoms with Crippen molar-refractivity contribution >= 4 is 22.4 Å². The number of nitrogens with zero attached hydrogens (tertiary/aromatic N) is 6. The molecule has 0 unspecified atom stereocenters. The largest absolute Gasteiger partial charge is 0.494 e. The second-order valence-electron chi connectivity index (χ2n) is 7.73. The van der Waals surface area contributed by atoms with Crippen LogP contribution in [-0.2, 0) is 0 Å². The molecule has 1 amide bonds. The zero-order valence-corrected chi connectivity index (χ0v) is 19.6. The van der Waals surface area contributed by atoms with E-state index in [1.165, 1.54) is 44.2 Å². The molecule has 9 nitrogen and oxygen atoms in total. The Morgan fingerprint density at radius 2 is 1.94 bits per heavy atom. The monoisotopic (exact) mass is 505 g/mol. The number of anilines is 1. The maximum atomic E-state index is 13.5. The Bertz CT molecular complexity index is 1480. The third-order valence-corrected chi connectivity index (χ3v) is 5.96. The molecule has 0 radical (unpaired) electrons. The third kappa shape index (κ3) is 5.16. The van der Waals surface area contributed by atoms with Gasteiger partial charge in [0.05, 0.1) is 30.8 Å².